The smallest absolute Gasteiger partial charge is 0.433 e. The van der Waals surface area contributed by atoms with E-state index < -0.39 is 23.4 Å². The first-order valence-corrected chi connectivity index (χ1v) is 5.46. The molecule has 0 spiro atoms. The normalized spacial score (nSPS) is 12.1. The number of carbonyl (C=O) groups excluding carboxylic acids is 1. The number of halogens is 3. The molecular formula is C12H14F3NO3. The van der Waals surface area contributed by atoms with Crippen molar-refractivity contribution in [3.63, 3.8) is 0 Å². The zero-order valence-corrected chi connectivity index (χ0v) is 10.7. The highest BCUT2D eigenvalue weighted by molar-refractivity contribution is 5.71. The average molecular weight is 277 g/mol. The lowest BCUT2D eigenvalue weighted by Crippen LogP contribution is -2.27. The standard InChI is InChI=1S/C12H14F3NO3/c1-11(2,3)19-10(17)7-18-8-4-5-9(16-6-8)12(13,14)15/h4-6H,7H2,1-3H3. The van der Waals surface area contributed by atoms with E-state index in [0.29, 0.717) is 0 Å². The van der Waals surface area contributed by atoms with Gasteiger partial charge in [-0.2, -0.15) is 13.2 Å². The molecule has 1 aromatic heterocycles. The van der Waals surface area contributed by atoms with Crippen molar-refractivity contribution >= 4 is 5.97 Å². The summed E-state index contributed by atoms with van der Waals surface area (Å²) in [4.78, 5) is 14.5. The fraction of sp³-hybridized carbons (Fsp3) is 0.500. The molecule has 4 nitrogen and oxygen atoms in total. The van der Waals surface area contributed by atoms with E-state index in [4.69, 9.17) is 9.47 Å². The Kier molecular flexibility index (Phi) is 4.39. The first kappa shape index (κ1) is 15.3. The quantitative estimate of drug-likeness (QED) is 0.797. The van der Waals surface area contributed by atoms with Crippen molar-refractivity contribution in [3.8, 4) is 5.75 Å². The number of hydrogen-bond donors (Lipinski definition) is 0. The number of aromatic nitrogens is 1. The topological polar surface area (TPSA) is 48.4 Å². The van der Waals surface area contributed by atoms with Gasteiger partial charge in [-0.05, 0) is 32.9 Å². The number of hydrogen-bond acceptors (Lipinski definition) is 4. The maximum Gasteiger partial charge on any atom is 0.433 e. The summed E-state index contributed by atoms with van der Waals surface area (Å²) >= 11 is 0. The van der Waals surface area contributed by atoms with Crippen LogP contribution in [0.15, 0.2) is 18.3 Å². The molecule has 1 aromatic rings. The molecule has 0 amide bonds. The molecule has 0 N–H and O–H groups in total. The van der Waals surface area contributed by atoms with Gasteiger partial charge in [-0.3, -0.25) is 0 Å². The molecule has 0 aromatic carbocycles. The predicted octanol–water partition coefficient (Wildman–Crippen LogP) is 2.82. The second-order valence-electron chi connectivity index (χ2n) is 4.75. The van der Waals surface area contributed by atoms with Gasteiger partial charge in [0.25, 0.3) is 0 Å². The van der Waals surface area contributed by atoms with E-state index in [-0.39, 0.29) is 12.4 Å². The van der Waals surface area contributed by atoms with Crippen LogP contribution in [-0.4, -0.2) is 23.2 Å². The number of pyridine rings is 1. The van der Waals surface area contributed by atoms with Gasteiger partial charge < -0.3 is 9.47 Å². The van der Waals surface area contributed by atoms with Gasteiger partial charge in [0.15, 0.2) is 6.61 Å². The SMILES string of the molecule is CC(C)(C)OC(=O)COc1ccc(C(F)(F)F)nc1. The molecule has 0 saturated carbocycles. The molecule has 0 bridgehead atoms. The van der Waals surface area contributed by atoms with Crippen LogP contribution < -0.4 is 4.74 Å². The van der Waals surface area contributed by atoms with Crippen molar-refractivity contribution < 1.29 is 27.4 Å². The molecule has 0 aliphatic rings. The Hall–Kier alpha value is -1.79. The van der Waals surface area contributed by atoms with Crippen molar-refractivity contribution in [3.05, 3.63) is 24.0 Å². The molecule has 0 fully saturated rings. The molecule has 0 unspecified atom stereocenters. The Morgan fingerprint density at radius 3 is 2.32 bits per heavy atom. The second-order valence-corrected chi connectivity index (χ2v) is 4.75. The number of rotatable bonds is 3. The summed E-state index contributed by atoms with van der Waals surface area (Å²) in [5.74, 6) is -0.536. The molecule has 0 atom stereocenters. The summed E-state index contributed by atoms with van der Waals surface area (Å²) in [6, 6.07) is 1.88. The summed E-state index contributed by atoms with van der Waals surface area (Å²) in [5.41, 5.74) is -1.66. The lowest BCUT2D eigenvalue weighted by Gasteiger charge is -2.19. The van der Waals surface area contributed by atoms with Gasteiger partial charge in [0.1, 0.15) is 17.0 Å². The molecule has 0 saturated heterocycles. The molecule has 7 heteroatoms. The third-order valence-corrected chi connectivity index (χ3v) is 1.80. The summed E-state index contributed by atoms with van der Waals surface area (Å²) in [6.45, 7) is 4.71. The van der Waals surface area contributed by atoms with Crippen molar-refractivity contribution in [1.82, 2.24) is 4.98 Å². The van der Waals surface area contributed by atoms with Crippen molar-refractivity contribution in [2.45, 2.75) is 32.5 Å². The third kappa shape index (κ3) is 5.58. The van der Waals surface area contributed by atoms with E-state index in [1.54, 1.807) is 20.8 Å². The molecule has 106 valence electrons. The summed E-state index contributed by atoms with van der Waals surface area (Å²) in [6.07, 6.45) is -3.59. The third-order valence-electron chi connectivity index (χ3n) is 1.80. The van der Waals surface area contributed by atoms with E-state index in [2.05, 4.69) is 4.98 Å². The van der Waals surface area contributed by atoms with E-state index in [9.17, 15) is 18.0 Å². The van der Waals surface area contributed by atoms with E-state index in [0.717, 1.165) is 18.3 Å². The fourth-order valence-electron chi connectivity index (χ4n) is 1.15. The minimum absolute atomic E-state index is 0.0684. The Labute approximate surface area is 108 Å². The number of esters is 1. The van der Waals surface area contributed by atoms with E-state index in [1.807, 2.05) is 0 Å². The summed E-state index contributed by atoms with van der Waals surface area (Å²) in [5, 5.41) is 0. The van der Waals surface area contributed by atoms with Crippen LogP contribution in [0.25, 0.3) is 0 Å². The summed E-state index contributed by atoms with van der Waals surface area (Å²) < 4.78 is 46.7. The highest BCUT2D eigenvalue weighted by atomic mass is 19.4. The highest BCUT2D eigenvalue weighted by Crippen LogP contribution is 2.28. The Morgan fingerprint density at radius 2 is 1.89 bits per heavy atom. The zero-order valence-electron chi connectivity index (χ0n) is 10.7. The Balaban J connectivity index is 2.53. The van der Waals surface area contributed by atoms with Crippen LogP contribution in [0, 0.1) is 0 Å². The fourth-order valence-corrected chi connectivity index (χ4v) is 1.15. The molecule has 0 aliphatic heterocycles. The van der Waals surface area contributed by atoms with Gasteiger partial charge in [-0.25, -0.2) is 9.78 Å². The first-order valence-electron chi connectivity index (χ1n) is 5.46. The Bertz CT molecular complexity index is 435. The minimum atomic E-state index is -4.50. The maximum atomic E-state index is 12.2. The van der Waals surface area contributed by atoms with Crippen LogP contribution in [0.3, 0.4) is 0 Å². The Morgan fingerprint density at radius 1 is 1.26 bits per heavy atom. The number of alkyl halides is 3. The predicted molar refractivity (Wildman–Crippen MR) is 60.6 cm³/mol. The van der Waals surface area contributed by atoms with Gasteiger partial charge in [-0.15, -0.1) is 0 Å². The van der Waals surface area contributed by atoms with Crippen LogP contribution in [0.5, 0.6) is 5.75 Å². The molecular weight excluding hydrogens is 263 g/mol. The van der Waals surface area contributed by atoms with Crippen molar-refractivity contribution in [1.29, 1.82) is 0 Å². The van der Waals surface area contributed by atoms with Crippen molar-refractivity contribution in [2.75, 3.05) is 6.61 Å². The van der Waals surface area contributed by atoms with Gasteiger partial charge in [-0.1, -0.05) is 0 Å². The minimum Gasteiger partial charge on any atom is -0.480 e. The summed E-state index contributed by atoms with van der Waals surface area (Å²) in [7, 11) is 0. The van der Waals surface area contributed by atoms with Gasteiger partial charge >= 0.3 is 12.1 Å². The van der Waals surface area contributed by atoms with Crippen LogP contribution >= 0.6 is 0 Å². The largest absolute Gasteiger partial charge is 0.480 e. The number of carbonyl (C=O) groups is 1. The van der Waals surface area contributed by atoms with Crippen LogP contribution in [0.2, 0.25) is 0 Å². The van der Waals surface area contributed by atoms with Gasteiger partial charge in [0.05, 0.1) is 6.20 Å². The molecule has 0 radical (unpaired) electrons. The highest BCUT2D eigenvalue weighted by Gasteiger charge is 2.32. The number of nitrogens with zero attached hydrogens (tertiary/aromatic N) is 1. The van der Waals surface area contributed by atoms with Crippen molar-refractivity contribution in [2.24, 2.45) is 0 Å². The van der Waals surface area contributed by atoms with E-state index in [1.165, 1.54) is 0 Å². The van der Waals surface area contributed by atoms with Gasteiger partial charge in [0.2, 0.25) is 0 Å². The molecule has 1 rings (SSSR count). The monoisotopic (exact) mass is 277 g/mol. The van der Waals surface area contributed by atoms with Gasteiger partial charge in [0, 0.05) is 0 Å². The van der Waals surface area contributed by atoms with Crippen LogP contribution in [0.4, 0.5) is 13.2 Å². The van der Waals surface area contributed by atoms with Crippen LogP contribution in [0.1, 0.15) is 26.5 Å². The second kappa shape index (κ2) is 5.46. The first-order chi connectivity index (χ1) is 8.58. The molecule has 1 heterocycles. The lowest BCUT2D eigenvalue weighted by molar-refractivity contribution is -0.157. The van der Waals surface area contributed by atoms with Crippen LogP contribution in [-0.2, 0) is 15.7 Å². The average Bonchev–Trinajstić information content (AvgIpc) is 2.23. The zero-order chi connectivity index (χ0) is 14.7. The molecule has 0 aliphatic carbocycles. The van der Waals surface area contributed by atoms with E-state index >= 15 is 0 Å². The number of ether oxygens (including phenoxy) is 2. The maximum absolute atomic E-state index is 12.2. The lowest BCUT2D eigenvalue weighted by atomic mass is 10.2. The molecule has 19 heavy (non-hydrogen) atoms.